The maximum atomic E-state index is 3.62. The van der Waals surface area contributed by atoms with E-state index in [2.05, 4.69) is 41.4 Å². The van der Waals surface area contributed by atoms with Crippen molar-refractivity contribution in [2.75, 3.05) is 23.0 Å². The van der Waals surface area contributed by atoms with Gasteiger partial charge in [0.25, 0.3) is 0 Å². The Morgan fingerprint density at radius 3 is 1.44 bits per heavy atom. The van der Waals surface area contributed by atoms with Gasteiger partial charge in [-0.2, -0.15) is 0 Å². The third-order valence-corrected chi connectivity index (χ3v) is 10.2. The van der Waals surface area contributed by atoms with Gasteiger partial charge in [0, 0.05) is 55.7 Å². The van der Waals surface area contributed by atoms with Crippen LogP contribution in [0.2, 0.25) is 0 Å². The lowest BCUT2D eigenvalue weighted by Crippen LogP contribution is -2.03. The predicted molar refractivity (Wildman–Crippen MR) is 116 cm³/mol. The van der Waals surface area contributed by atoms with Crippen LogP contribution >= 0.6 is 0 Å². The Morgan fingerprint density at radius 1 is 0.640 bits per heavy atom. The molecule has 0 spiro atoms. The van der Waals surface area contributed by atoms with Crippen LogP contribution in [-0.2, 0) is 21.8 Å². The molecule has 132 valence electrons. The van der Waals surface area contributed by atoms with E-state index < -0.39 is 0 Å². The molecule has 0 radical (unpaired) electrons. The standard InChI is InChI=1S/C20H23NS2.C2H6/c1-2-10-22(9-1)15-5-7-19-17(13-15)18-14-16(6-8-20(18)21-19)23-11-3-4-12-23;1-2/h5-8,13-14,21H,1-4,9-12H2;1-2H3/q+2;. The molecule has 2 fully saturated rings. The van der Waals surface area contributed by atoms with E-state index in [-0.39, 0.29) is 0 Å². The Morgan fingerprint density at radius 2 is 1.04 bits per heavy atom. The molecule has 2 aliphatic heterocycles. The summed E-state index contributed by atoms with van der Waals surface area (Å²) >= 11 is 0. The minimum Gasteiger partial charge on any atom is -0.355 e. The van der Waals surface area contributed by atoms with Crippen LogP contribution in [0, 0.1) is 0 Å². The van der Waals surface area contributed by atoms with Gasteiger partial charge >= 0.3 is 0 Å². The molecular formula is C22H29NS2+2. The van der Waals surface area contributed by atoms with Gasteiger partial charge in [0.15, 0.2) is 9.79 Å². The molecule has 3 heteroatoms. The molecule has 2 saturated heterocycles. The first-order chi connectivity index (χ1) is 12.4. The molecule has 1 aromatic heterocycles. The summed E-state index contributed by atoms with van der Waals surface area (Å²) in [5.74, 6) is 5.62. The number of H-pyrrole nitrogens is 1. The van der Waals surface area contributed by atoms with Gasteiger partial charge in [0.2, 0.25) is 0 Å². The molecule has 5 rings (SSSR count). The van der Waals surface area contributed by atoms with Crippen LogP contribution in [0.15, 0.2) is 46.2 Å². The molecule has 2 aliphatic rings. The third kappa shape index (κ3) is 3.33. The lowest BCUT2D eigenvalue weighted by Gasteiger charge is -2.02. The second kappa shape index (κ2) is 7.67. The highest BCUT2D eigenvalue weighted by atomic mass is 32.2. The average Bonchev–Trinajstić information content (AvgIpc) is 3.42. The molecule has 0 unspecified atom stereocenters. The summed E-state index contributed by atoms with van der Waals surface area (Å²) in [6.45, 7) is 4.00. The van der Waals surface area contributed by atoms with Gasteiger partial charge in [0.05, 0.1) is 0 Å². The van der Waals surface area contributed by atoms with E-state index in [1.165, 1.54) is 70.5 Å². The van der Waals surface area contributed by atoms with Gasteiger partial charge < -0.3 is 4.98 Å². The summed E-state index contributed by atoms with van der Waals surface area (Å²) in [7, 11) is 1.01. The zero-order valence-electron chi connectivity index (χ0n) is 15.4. The Kier molecular flexibility index (Phi) is 5.33. The van der Waals surface area contributed by atoms with Crippen LogP contribution in [0.5, 0.6) is 0 Å². The predicted octanol–water partition coefficient (Wildman–Crippen LogP) is 5.89. The largest absolute Gasteiger partial charge is 0.355 e. The van der Waals surface area contributed by atoms with Crippen LogP contribution in [0.4, 0.5) is 0 Å². The summed E-state index contributed by atoms with van der Waals surface area (Å²) in [6.07, 6.45) is 5.67. The zero-order valence-corrected chi connectivity index (χ0v) is 17.1. The van der Waals surface area contributed by atoms with E-state index in [4.69, 9.17) is 0 Å². The van der Waals surface area contributed by atoms with Gasteiger partial charge in [-0.05, 0) is 49.9 Å². The molecule has 0 amide bonds. The number of aromatic nitrogens is 1. The minimum atomic E-state index is 0.507. The first-order valence-corrected chi connectivity index (χ1v) is 12.9. The number of benzene rings is 2. The normalized spacial score (nSPS) is 18.8. The van der Waals surface area contributed by atoms with E-state index in [9.17, 15) is 0 Å². The first-order valence-electron chi connectivity index (χ1n) is 9.79. The number of aromatic amines is 1. The van der Waals surface area contributed by atoms with Gasteiger partial charge in [-0.3, -0.25) is 0 Å². The average molecular weight is 372 g/mol. The fraction of sp³-hybridized carbons (Fsp3) is 0.455. The fourth-order valence-corrected chi connectivity index (χ4v) is 8.65. The second-order valence-electron chi connectivity index (χ2n) is 6.76. The fourth-order valence-electron chi connectivity index (χ4n) is 4.00. The van der Waals surface area contributed by atoms with E-state index in [1.54, 1.807) is 9.79 Å². The maximum Gasteiger partial charge on any atom is 0.155 e. The van der Waals surface area contributed by atoms with Crippen LogP contribution in [-0.4, -0.2) is 28.0 Å². The molecule has 25 heavy (non-hydrogen) atoms. The smallest absolute Gasteiger partial charge is 0.155 e. The Bertz CT molecular complexity index is 785. The second-order valence-corrected chi connectivity index (χ2v) is 11.3. The lowest BCUT2D eigenvalue weighted by atomic mass is 10.1. The van der Waals surface area contributed by atoms with Crippen molar-refractivity contribution in [1.82, 2.24) is 4.98 Å². The summed E-state index contributed by atoms with van der Waals surface area (Å²) < 4.78 is 0. The van der Waals surface area contributed by atoms with Crippen molar-refractivity contribution in [1.29, 1.82) is 0 Å². The van der Waals surface area contributed by atoms with Crippen molar-refractivity contribution in [3.63, 3.8) is 0 Å². The molecule has 0 saturated carbocycles. The van der Waals surface area contributed by atoms with Crippen molar-refractivity contribution < 1.29 is 0 Å². The molecule has 0 aliphatic carbocycles. The summed E-state index contributed by atoms with van der Waals surface area (Å²) in [4.78, 5) is 6.79. The summed E-state index contributed by atoms with van der Waals surface area (Å²) in [5, 5.41) is 2.89. The highest BCUT2D eigenvalue weighted by Crippen LogP contribution is 2.33. The number of hydrogen-bond acceptors (Lipinski definition) is 0. The van der Waals surface area contributed by atoms with Crippen LogP contribution in [0.1, 0.15) is 39.5 Å². The van der Waals surface area contributed by atoms with Gasteiger partial charge in [-0.15, -0.1) is 0 Å². The summed E-state index contributed by atoms with van der Waals surface area (Å²) in [6, 6.07) is 14.3. The van der Waals surface area contributed by atoms with Crippen molar-refractivity contribution in [2.45, 2.75) is 49.3 Å². The monoisotopic (exact) mass is 371 g/mol. The van der Waals surface area contributed by atoms with Crippen molar-refractivity contribution in [2.24, 2.45) is 0 Å². The van der Waals surface area contributed by atoms with Gasteiger partial charge in [-0.25, -0.2) is 0 Å². The molecule has 0 bridgehead atoms. The van der Waals surface area contributed by atoms with Crippen molar-refractivity contribution >= 4 is 43.6 Å². The van der Waals surface area contributed by atoms with Gasteiger partial charge in [0.1, 0.15) is 23.0 Å². The molecule has 2 aromatic carbocycles. The Hall–Kier alpha value is -1.06. The summed E-state index contributed by atoms with van der Waals surface area (Å²) in [5.41, 5.74) is 2.61. The third-order valence-electron chi connectivity index (χ3n) is 5.27. The van der Waals surface area contributed by atoms with E-state index in [1.807, 2.05) is 13.8 Å². The number of hydrogen-bond donors (Lipinski definition) is 1. The molecule has 1 N–H and O–H groups in total. The SMILES string of the molecule is CC.c1cc2[nH]c3ccc([S+]4CCCC4)cc3c2cc1[S+]1CCCC1. The molecular weight excluding hydrogens is 342 g/mol. The highest BCUT2D eigenvalue weighted by molar-refractivity contribution is 7.97. The van der Waals surface area contributed by atoms with Gasteiger partial charge in [-0.1, -0.05) is 13.8 Å². The quantitative estimate of drug-likeness (QED) is 0.541. The van der Waals surface area contributed by atoms with Crippen LogP contribution in [0.3, 0.4) is 0 Å². The molecule has 3 heterocycles. The van der Waals surface area contributed by atoms with Crippen LogP contribution in [0.25, 0.3) is 21.8 Å². The molecule has 1 nitrogen and oxygen atoms in total. The zero-order chi connectivity index (χ0) is 17.2. The van der Waals surface area contributed by atoms with Crippen molar-refractivity contribution in [3.8, 4) is 0 Å². The Balaban J connectivity index is 0.000000758. The number of rotatable bonds is 2. The highest BCUT2D eigenvalue weighted by Gasteiger charge is 2.29. The number of nitrogens with one attached hydrogen (secondary N) is 1. The first kappa shape index (κ1) is 17.4. The maximum absolute atomic E-state index is 3.62. The molecule has 0 atom stereocenters. The van der Waals surface area contributed by atoms with E-state index in [0.29, 0.717) is 21.8 Å². The van der Waals surface area contributed by atoms with E-state index >= 15 is 0 Å². The minimum absolute atomic E-state index is 0.507. The lowest BCUT2D eigenvalue weighted by molar-refractivity contribution is 0.949. The van der Waals surface area contributed by atoms with Crippen LogP contribution < -0.4 is 0 Å². The number of fused-ring (bicyclic) bond motifs is 3. The van der Waals surface area contributed by atoms with Crippen molar-refractivity contribution in [3.05, 3.63) is 36.4 Å². The van der Waals surface area contributed by atoms with E-state index in [0.717, 1.165) is 0 Å². The molecule has 3 aromatic rings. The topological polar surface area (TPSA) is 15.8 Å². The Labute approximate surface area is 157 Å².